The molecule has 1 saturated heterocycles. The summed E-state index contributed by atoms with van der Waals surface area (Å²) in [6.45, 7) is 2.19. The van der Waals surface area contributed by atoms with E-state index in [4.69, 9.17) is 16.3 Å². The van der Waals surface area contributed by atoms with Crippen LogP contribution in [-0.4, -0.2) is 68.4 Å². The molecule has 0 spiro atoms. The molecule has 1 aliphatic heterocycles. The van der Waals surface area contributed by atoms with E-state index in [2.05, 4.69) is 10.2 Å². The lowest BCUT2D eigenvalue weighted by atomic mass is 9.79. The first-order valence-electron chi connectivity index (χ1n) is 8.04. The Morgan fingerprint density at radius 2 is 2.08 bits per heavy atom. The van der Waals surface area contributed by atoms with E-state index in [0.29, 0.717) is 29.5 Å². The second kappa shape index (κ2) is 8.05. The largest absolute Gasteiger partial charge is 0.495 e. The molecule has 0 unspecified atom stereocenters. The minimum absolute atomic E-state index is 0.131. The highest BCUT2D eigenvalue weighted by Crippen LogP contribution is 2.33. The van der Waals surface area contributed by atoms with E-state index >= 15 is 0 Å². The summed E-state index contributed by atoms with van der Waals surface area (Å²) in [5.41, 5.74) is 0.427. The standard InChI is InChI=1S/C17H26ClN3O3/c1-20(2)11-17(12-22)6-8-21(9-7-17)16(23)19-14-10-13(18)4-5-15(14)24-3/h4-5,10,22H,6-9,11-12H2,1-3H3,(H,19,23). The number of carbonyl (C=O) groups is 1. The first kappa shape index (κ1) is 18.8. The van der Waals surface area contributed by atoms with Crippen LogP contribution >= 0.6 is 11.6 Å². The zero-order chi connectivity index (χ0) is 17.7. The van der Waals surface area contributed by atoms with Crippen molar-refractivity contribution in [3.63, 3.8) is 0 Å². The summed E-state index contributed by atoms with van der Waals surface area (Å²) in [6, 6.07) is 4.94. The maximum atomic E-state index is 12.5. The molecule has 134 valence electrons. The summed E-state index contributed by atoms with van der Waals surface area (Å²) in [4.78, 5) is 16.4. The molecule has 1 aromatic rings. The molecule has 7 heteroatoms. The smallest absolute Gasteiger partial charge is 0.321 e. The Kier molecular flexibility index (Phi) is 6.32. The summed E-state index contributed by atoms with van der Waals surface area (Å²) in [6.07, 6.45) is 1.56. The number of benzene rings is 1. The van der Waals surface area contributed by atoms with Crippen LogP contribution in [0.5, 0.6) is 5.75 Å². The lowest BCUT2D eigenvalue weighted by Crippen LogP contribution is -2.49. The molecule has 0 bridgehead atoms. The Morgan fingerprint density at radius 1 is 1.42 bits per heavy atom. The number of likely N-dealkylation sites (tertiary alicyclic amines) is 1. The molecule has 0 atom stereocenters. The van der Waals surface area contributed by atoms with Gasteiger partial charge < -0.3 is 25.0 Å². The number of ether oxygens (including phenoxy) is 1. The Morgan fingerprint density at radius 3 is 2.62 bits per heavy atom. The van der Waals surface area contributed by atoms with E-state index in [1.807, 2.05) is 14.1 Å². The van der Waals surface area contributed by atoms with Gasteiger partial charge in [-0.3, -0.25) is 0 Å². The molecule has 2 amide bonds. The molecular weight excluding hydrogens is 330 g/mol. The summed E-state index contributed by atoms with van der Waals surface area (Å²) in [7, 11) is 5.56. The summed E-state index contributed by atoms with van der Waals surface area (Å²) < 4.78 is 5.25. The Balaban J connectivity index is 1.99. The zero-order valence-corrected chi connectivity index (χ0v) is 15.3. The van der Waals surface area contributed by atoms with Crippen LogP contribution in [0.25, 0.3) is 0 Å². The number of methoxy groups -OCH3 is 1. The number of hydrogen-bond acceptors (Lipinski definition) is 4. The number of piperidine rings is 1. The first-order chi connectivity index (χ1) is 11.4. The Bertz CT molecular complexity index is 572. The maximum absolute atomic E-state index is 12.5. The fourth-order valence-electron chi connectivity index (χ4n) is 3.19. The lowest BCUT2D eigenvalue weighted by Gasteiger charge is -2.42. The molecule has 2 rings (SSSR count). The molecule has 1 heterocycles. The Hall–Kier alpha value is -1.50. The van der Waals surface area contributed by atoms with Gasteiger partial charge in [-0.15, -0.1) is 0 Å². The van der Waals surface area contributed by atoms with E-state index in [-0.39, 0.29) is 18.1 Å². The maximum Gasteiger partial charge on any atom is 0.321 e. The average molecular weight is 356 g/mol. The summed E-state index contributed by atoms with van der Waals surface area (Å²) >= 11 is 5.99. The number of aliphatic hydroxyl groups is 1. The second-order valence-electron chi connectivity index (χ2n) is 6.66. The predicted octanol–water partition coefficient (Wildman–Crippen LogP) is 2.52. The van der Waals surface area contributed by atoms with Crippen LogP contribution in [0.1, 0.15) is 12.8 Å². The number of rotatable bonds is 5. The molecule has 24 heavy (non-hydrogen) atoms. The number of aliphatic hydroxyl groups excluding tert-OH is 1. The molecule has 1 fully saturated rings. The van der Waals surface area contributed by atoms with E-state index in [1.165, 1.54) is 0 Å². The van der Waals surface area contributed by atoms with Crippen molar-refractivity contribution in [2.75, 3.05) is 52.8 Å². The molecule has 2 N–H and O–H groups in total. The second-order valence-corrected chi connectivity index (χ2v) is 7.09. The van der Waals surface area contributed by atoms with Gasteiger partial charge >= 0.3 is 6.03 Å². The topological polar surface area (TPSA) is 65.0 Å². The van der Waals surface area contributed by atoms with Crippen molar-refractivity contribution in [2.24, 2.45) is 5.41 Å². The van der Waals surface area contributed by atoms with Gasteiger partial charge in [0.05, 0.1) is 19.4 Å². The van der Waals surface area contributed by atoms with Crippen LogP contribution < -0.4 is 10.1 Å². The van der Waals surface area contributed by atoms with E-state index in [0.717, 1.165) is 19.4 Å². The van der Waals surface area contributed by atoms with Crippen molar-refractivity contribution in [1.82, 2.24) is 9.80 Å². The van der Waals surface area contributed by atoms with Crippen molar-refractivity contribution in [3.8, 4) is 5.75 Å². The van der Waals surface area contributed by atoms with Crippen LogP contribution in [-0.2, 0) is 0 Å². The fraction of sp³-hybridized carbons (Fsp3) is 0.588. The minimum Gasteiger partial charge on any atom is -0.495 e. The van der Waals surface area contributed by atoms with Gasteiger partial charge in [-0.25, -0.2) is 4.79 Å². The predicted molar refractivity (Wildman–Crippen MR) is 95.9 cm³/mol. The van der Waals surface area contributed by atoms with E-state index in [1.54, 1.807) is 30.2 Å². The molecule has 0 saturated carbocycles. The number of carbonyl (C=O) groups excluding carboxylic acids is 1. The molecule has 0 aliphatic carbocycles. The molecule has 0 radical (unpaired) electrons. The number of amides is 2. The highest BCUT2D eigenvalue weighted by Gasteiger charge is 2.36. The van der Waals surface area contributed by atoms with Crippen LogP contribution in [0.2, 0.25) is 5.02 Å². The van der Waals surface area contributed by atoms with Crippen LogP contribution in [0.15, 0.2) is 18.2 Å². The minimum atomic E-state index is -0.174. The van der Waals surface area contributed by atoms with Gasteiger partial charge in [-0.1, -0.05) is 11.6 Å². The van der Waals surface area contributed by atoms with Gasteiger partial charge in [-0.05, 0) is 45.1 Å². The van der Waals surface area contributed by atoms with Crippen molar-refractivity contribution in [1.29, 1.82) is 0 Å². The first-order valence-corrected chi connectivity index (χ1v) is 8.42. The van der Waals surface area contributed by atoms with E-state index in [9.17, 15) is 9.90 Å². The fourth-order valence-corrected chi connectivity index (χ4v) is 3.37. The monoisotopic (exact) mass is 355 g/mol. The highest BCUT2D eigenvalue weighted by molar-refractivity contribution is 6.31. The zero-order valence-electron chi connectivity index (χ0n) is 14.5. The summed E-state index contributed by atoms with van der Waals surface area (Å²) in [5, 5.41) is 13.2. The van der Waals surface area contributed by atoms with Gasteiger partial charge in [0.1, 0.15) is 5.75 Å². The molecular formula is C17H26ClN3O3. The van der Waals surface area contributed by atoms with Crippen LogP contribution in [0.3, 0.4) is 0 Å². The highest BCUT2D eigenvalue weighted by atomic mass is 35.5. The third-order valence-corrected chi connectivity index (χ3v) is 4.74. The van der Waals surface area contributed by atoms with Crippen LogP contribution in [0.4, 0.5) is 10.5 Å². The molecule has 6 nitrogen and oxygen atoms in total. The summed E-state index contributed by atoms with van der Waals surface area (Å²) in [5.74, 6) is 0.571. The normalized spacial score (nSPS) is 17.0. The lowest BCUT2D eigenvalue weighted by molar-refractivity contribution is 0.0358. The van der Waals surface area contributed by atoms with Crippen molar-refractivity contribution in [2.45, 2.75) is 12.8 Å². The Labute approximate surface area is 148 Å². The number of nitrogens with one attached hydrogen (secondary N) is 1. The van der Waals surface area contributed by atoms with Crippen molar-refractivity contribution < 1.29 is 14.6 Å². The van der Waals surface area contributed by atoms with Gasteiger partial charge in [0.2, 0.25) is 0 Å². The average Bonchev–Trinajstić information content (AvgIpc) is 2.55. The van der Waals surface area contributed by atoms with Crippen molar-refractivity contribution >= 4 is 23.3 Å². The third kappa shape index (κ3) is 4.53. The SMILES string of the molecule is COc1ccc(Cl)cc1NC(=O)N1CCC(CO)(CN(C)C)CC1. The molecule has 1 aromatic carbocycles. The number of nitrogens with zero attached hydrogens (tertiary/aromatic N) is 2. The quantitative estimate of drug-likeness (QED) is 0.851. The van der Waals surface area contributed by atoms with E-state index < -0.39 is 0 Å². The third-order valence-electron chi connectivity index (χ3n) is 4.50. The molecule has 1 aliphatic rings. The number of anilines is 1. The van der Waals surface area contributed by atoms with Crippen LogP contribution in [0, 0.1) is 5.41 Å². The number of halogens is 1. The van der Waals surface area contributed by atoms with Gasteiger partial charge in [0.15, 0.2) is 0 Å². The number of hydrogen-bond donors (Lipinski definition) is 2. The molecule has 0 aromatic heterocycles. The van der Waals surface area contributed by atoms with Gasteiger partial charge in [0.25, 0.3) is 0 Å². The van der Waals surface area contributed by atoms with Gasteiger partial charge in [0, 0.05) is 30.1 Å². The van der Waals surface area contributed by atoms with Crippen molar-refractivity contribution in [3.05, 3.63) is 23.2 Å². The van der Waals surface area contributed by atoms with Gasteiger partial charge in [-0.2, -0.15) is 0 Å². The number of urea groups is 1.